The smallest absolute Gasteiger partial charge is 0.254 e. The van der Waals surface area contributed by atoms with E-state index in [1.807, 2.05) is 49.1 Å². The number of ketones is 1. The average Bonchev–Trinajstić information content (AvgIpc) is 2.64. The number of aryl methyl sites for hydroxylation is 2. The van der Waals surface area contributed by atoms with E-state index in [0.717, 1.165) is 16.7 Å². The summed E-state index contributed by atoms with van der Waals surface area (Å²) in [6, 6.07) is 11.2. The van der Waals surface area contributed by atoms with Crippen molar-refractivity contribution in [1.29, 1.82) is 0 Å². The third-order valence-corrected chi connectivity index (χ3v) is 6.11. The molecule has 1 amide bonds. The third-order valence-electron chi connectivity index (χ3n) is 5.71. The Balaban J connectivity index is 1.52. The first-order valence-electron chi connectivity index (χ1n) is 9.26. The summed E-state index contributed by atoms with van der Waals surface area (Å²) < 4.78 is 6.31. The maximum absolute atomic E-state index is 12.8. The number of nitrogens with zero attached hydrogens (tertiary/aromatic N) is 1. The van der Waals surface area contributed by atoms with E-state index in [0.29, 0.717) is 48.7 Å². The molecule has 2 aromatic carbocycles. The minimum atomic E-state index is -0.521. The Bertz CT molecular complexity index is 929. The summed E-state index contributed by atoms with van der Waals surface area (Å²) in [5, 5.41) is 0.584. The number of hydrogen-bond acceptors (Lipinski definition) is 3. The highest BCUT2D eigenvalue weighted by Gasteiger charge is 2.44. The highest BCUT2D eigenvalue weighted by atomic mass is 35.5. The quantitative estimate of drug-likeness (QED) is 0.723. The van der Waals surface area contributed by atoms with E-state index in [2.05, 4.69) is 0 Å². The minimum Gasteiger partial charge on any atom is -0.486 e. The second-order valence-corrected chi connectivity index (χ2v) is 8.00. The van der Waals surface area contributed by atoms with E-state index in [1.54, 1.807) is 6.07 Å². The van der Waals surface area contributed by atoms with Crippen molar-refractivity contribution in [1.82, 2.24) is 4.90 Å². The fourth-order valence-corrected chi connectivity index (χ4v) is 4.16. The van der Waals surface area contributed by atoms with Crippen molar-refractivity contribution in [3.63, 3.8) is 0 Å². The van der Waals surface area contributed by atoms with E-state index in [-0.39, 0.29) is 11.7 Å². The van der Waals surface area contributed by atoms with Crippen LogP contribution in [0.5, 0.6) is 5.75 Å². The molecular formula is C22H22ClNO3. The van der Waals surface area contributed by atoms with Crippen LogP contribution in [0.1, 0.15) is 51.1 Å². The van der Waals surface area contributed by atoms with Crippen LogP contribution in [0.4, 0.5) is 0 Å². The number of hydrogen-bond donors (Lipinski definition) is 0. The number of benzene rings is 2. The molecule has 1 saturated heterocycles. The van der Waals surface area contributed by atoms with E-state index in [9.17, 15) is 9.59 Å². The van der Waals surface area contributed by atoms with Gasteiger partial charge in [-0.1, -0.05) is 29.8 Å². The summed E-state index contributed by atoms with van der Waals surface area (Å²) in [7, 11) is 0. The Morgan fingerprint density at radius 2 is 1.81 bits per heavy atom. The molecule has 0 saturated carbocycles. The van der Waals surface area contributed by atoms with Gasteiger partial charge in [0.1, 0.15) is 11.4 Å². The van der Waals surface area contributed by atoms with Gasteiger partial charge in [0.15, 0.2) is 5.78 Å². The number of likely N-dealkylation sites (tertiary alicyclic amines) is 1. The number of ether oxygens (including phenoxy) is 1. The van der Waals surface area contributed by atoms with Gasteiger partial charge >= 0.3 is 0 Å². The summed E-state index contributed by atoms with van der Waals surface area (Å²) in [5.74, 6) is 0.733. The molecular weight excluding hydrogens is 362 g/mol. The topological polar surface area (TPSA) is 46.6 Å². The number of fused-ring (bicyclic) bond motifs is 1. The van der Waals surface area contributed by atoms with Gasteiger partial charge in [-0.25, -0.2) is 0 Å². The van der Waals surface area contributed by atoms with Crippen molar-refractivity contribution >= 4 is 23.3 Å². The zero-order valence-corrected chi connectivity index (χ0v) is 16.3. The molecule has 0 unspecified atom stereocenters. The summed E-state index contributed by atoms with van der Waals surface area (Å²) in [5.41, 5.74) is 2.66. The van der Waals surface area contributed by atoms with Crippen LogP contribution in [0.2, 0.25) is 5.02 Å². The Kier molecular flexibility index (Phi) is 4.47. The predicted octanol–water partition coefficient (Wildman–Crippen LogP) is 4.60. The SMILES string of the molecule is Cc1cc2c(cc1Cl)C(=O)CC1(CCN(C(=O)c3ccccc3C)CC1)O2. The second-order valence-electron chi connectivity index (χ2n) is 7.59. The van der Waals surface area contributed by atoms with E-state index < -0.39 is 5.60 Å². The maximum atomic E-state index is 12.8. The number of rotatable bonds is 1. The van der Waals surface area contributed by atoms with Crippen LogP contribution in [0.15, 0.2) is 36.4 Å². The molecule has 140 valence electrons. The zero-order chi connectivity index (χ0) is 19.2. The van der Waals surface area contributed by atoms with E-state index >= 15 is 0 Å². The summed E-state index contributed by atoms with van der Waals surface area (Å²) >= 11 is 6.16. The van der Waals surface area contributed by atoms with Gasteiger partial charge in [-0.3, -0.25) is 9.59 Å². The molecule has 0 N–H and O–H groups in total. The van der Waals surface area contributed by atoms with Gasteiger partial charge in [-0.2, -0.15) is 0 Å². The molecule has 1 spiro atoms. The highest BCUT2D eigenvalue weighted by Crippen LogP contribution is 2.41. The molecule has 4 nitrogen and oxygen atoms in total. The van der Waals surface area contributed by atoms with E-state index in [1.165, 1.54) is 0 Å². The van der Waals surface area contributed by atoms with Gasteiger partial charge in [0.2, 0.25) is 0 Å². The number of amides is 1. The van der Waals surface area contributed by atoms with Gasteiger partial charge in [0.05, 0.1) is 12.0 Å². The fraction of sp³-hybridized carbons (Fsp3) is 0.364. The maximum Gasteiger partial charge on any atom is 0.254 e. The number of carbonyl (C=O) groups is 2. The number of Topliss-reactive ketones (excluding diaryl/α,β-unsaturated/α-hetero) is 1. The van der Waals surface area contributed by atoms with Gasteiger partial charge in [-0.15, -0.1) is 0 Å². The molecule has 1 fully saturated rings. The van der Waals surface area contributed by atoms with Crippen LogP contribution in [0, 0.1) is 13.8 Å². The Labute approximate surface area is 164 Å². The van der Waals surface area contributed by atoms with Crippen molar-refractivity contribution in [2.24, 2.45) is 0 Å². The minimum absolute atomic E-state index is 0.0492. The first-order valence-corrected chi connectivity index (χ1v) is 9.64. The first-order chi connectivity index (χ1) is 12.9. The molecule has 0 aliphatic carbocycles. The molecule has 5 heteroatoms. The van der Waals surface area contributed by atoms with Gasteiger partial charge in [-0.05, 0) is 43.2 Å². The zero-order valence-electron chi connectivity index (χ0n) is 15.5. The second kappa shape index (κ2) is 6.68. The fourth-order valence-electron chi connectivity index (χ4n) is 3.99. The van der Waals surface area contributed by atoms with Crippen LogP contribution >= 0.6 is 11.6 Å². The lowest BCUT2D eigenvalue weighted by atomic mass is 9.82. The molecule has 2 heterocycles. The molecule has 4 rings (SSSR count). The number of carbonyl (C=O) groups excluding carboxylic acids is 2. The molecule has 0 radical (unpaired) electrons. The van der Waals surface area contributed by atoms with Gasteiger partial charge < -0.3 is 9.64 Å². The molecule has 0 atom stereocenters. The lowest BCUT2D eigenvalue weighted by Gasteiger charge is -2.44. The first kappa shape index (κ1) is 18.1. The summed E-state index contributed by atoms with van der Waals surface area (Å²) in [6.45, 7) is 5.03. The average molecular weight is 384 g/mol. The molecule has 0 aromatic heterocycles. The van der Waals surface area contributed by atoms with E-state index in [4.69, 9.17) is 16.3 Å². The summed E-state index contributed by atoms with van der Waals surface area (Å²) in [6.07, 6.45) is 1.64. The Hall–Kier alpha value is -2.33. The molecule has 2 aliphatic heterocycles. The van der Waals surface area contributed by atoms with Crippen molar-refractivity contribution < 1.29 is 14.3 Å². The Morgan fingerprint density at radius 3 is 2.52 bits per heavy atom. The molecule has 0 bridgehead atoms. The molecule has 2 aliphatic rings. The Morgan fingerprint density at radius 1 is 1.11 bits per heavy atom. The van der Waals surface area contributed by atoms with Crippen molar-refractivity contribution in [2.75, 3.05) is 13.1 Å². The molecule has 2 aromatic rings. The summed E-state index contributed by atoms with van der Waals surface area (Å²) in [4.78, 5) is 27.4. The highest BCUT2D eigenvalue weighted by molar-refractivity contribution is 6.31. The van der Waals surface area contributed by atoms with Gasteiger partial charge in [0.25, 0.3) is 5.91 Å². The standard InChI is InChI=1S/C22H22ClNO3/c1-14-5-3-4-6-16(14)21(26)24-9-7-22(8-10-24)13-19(25)17-12-18(23)15(2)11-20(17)27-22/h3-6,11-12H,7-10,13H2,1-2H3. The third kappa shape index (κ3) is 3.23. The number of piperidine rings is 1. The molecule has 27 heavy (non-hydrogen) atoms. The van der Waals surface area contributed by atoms with Crippen LogP contribution < -0.4 is 4.74 Å². The van der Waals surface area contributed by atoms with Gasteiger partial charge in [0, 0.05) is 36.5 Å². The van der Waals surface area contributed by atoms with Crippen LogP contribution in [0.25, 0.3) is 0 Å². The van der Waals surface area contributed by atoms with Crippen molar-refractivity contribution in [2.45, 2.75) is 38.7 Å². The van der Waals surface area contributed by atoms with Crippen molar-refractivity contribution in [3.05, 3.63) is 63.7 Å². The van der Waals surface area contributed by atoms with Crippen LogP contribution in [-0.4, -0.2) is 35.3 Å². The van der Waals surface area contributed by atoms with Crippen LogP contribution in [0.3, 0.4) is 0 Å². The lowest BCUT2D eigenvalue weighted by Crippen LogP contribution is -2.52. The lowest BCUT2D eigenvalue weighted by molar-refractivity contribution is -0.00574. The largest absolute Gasteiger partial charge is 0.486 e. The van der Waals surface area contributed by atoms with Crippen LogP contribution in [-0.2, 0) is 0 Å². The monoisotopic (exact) mass is 383 g/mol. The van der Waals surface area contributed by atoms with Crippen molar-refractivity contribution in [3.8, 4) is 5.75 Å². The number of halogens is 1. The predicted molar refractivity (Wildman–Crippen MR) is 105 cm³/mol. The normalized spacial score (nSPS) is 18.2.